The number of likely N-dealkylation sites (N-methyl/N-ethyl adjacent to an activating group) is 1. The molecule has 0 aromatic rings. The van der Waals surface area contributed by atoms with Gasteiger partial charge in [0, 0.05) is 32.2 Å². The molecular formula is C25H51N7O10. The summed E-state index contributed by atoms with van der Waals surface area (Å²) in [6.07, 6.45) is -9.72. The van der Waals surface area contributed by atoms with Gasteiger partial charge in [0.2, 0.25) is 0 Å². The first-order valence-corrected chi connectivity index (χ1v) is 14.5. The number of hydrogen-bond donors (Lipinski definition) is 12. The number of rotatable bonds is 13. The highest BCUT2D eigenvalue weighted by atomic mass is 16.7. The first-order valence-electron chi connectivity index (χ1n) is 14.5. The molecule has 0 aromatic carbocycles. The van der Waals surface area contributed by atoms with Crippen LogP contribution >= 0.6 is 0 Å². The Bertz CT molecular complexity index is 847. The first-order chi connectivity index (χ1) is 19.8. The summed E-state index contributed by atoms with van der Waals surface area (Å²) < 4.78 is 23.9. The van der Waals surface area contributed by atoms with Crippen molar-refractivity contribution >= 4 is 5.91 Å². The third kappa shape index (κ3) is 8.52. The zero-order valence-electron chi connectivity index (χ0n) is 24.2. The van der Waals surface area contributed by atoms with Gasteiger partial charge in [-0.15, -0.1) is 0 Å². The zero-order chi connectivity index (χ0) is 31.2. The van der Waals surface area contributed by atoms with Crippen LogP contribution in [0.15, 0.2) is 0 Å². The number of amides is 1. The molecular weight excluding hydrogens is 558 g/mol. The lowest BCUT2D eigenvalue weighted by molar-refractivity contribution is -0.307. The minimum Gasteiger partial charge on any atom is -0.389 e. The third-order valence-corrected chi connectivity index (χ3v) is 8.14. The molecule has 3 fully saturated rings. The highest BCUT2D eigenvalue weighted by Crippen LogP contribution is 2.32. The SMILES string of the molecule is CN[C@@H]1[C@@H](O)[C@@H](O[C@@H]2[C@@H](O)[C@H](O[C@H]3O[C@H](CNCCN)CC[C@H]3N)[C@@H](N)C[C@H]2NC(=O)[C@@H](O)[C@@H](O)CN)OC[C@]1(C)O. The van der Waals surface area contributed by atoms with Crippen LogP contribution in [-0.2, 0) is 23.7 Å². The molecule has 17 nitrogen and oxygen atoms in total. The quantitative estimate of drug-likeness (QED) is 0.0864. The number of nitrogens with one attached hydrogen (secondary N) is 3. The highest BCUT2D eigenvalue weighted by Gasteiger charge is 2.52. The van der Waals surface area contributed by atoms with Crippen LogP contribution in [0.3, 0.4) is 0 Å². The van der Waals surface area contributed by atoms with Gasteiger partial charge in [-0.1, -0.05) is 0 Å². The zero-order valence-corrected chi connectivity index (χ0v) is 24.2. The molecule has 1 amide bonds. The predicted octanol–water partition coefficient (Wildman–Crippen LogP) is -6.55. The number of carbonyl (C=O) groups is 1. The monoisotopic (exact) mass is 609 g/mol. The van der Waals surface area contributed by atoms with E-state index in [9.17, 15) is 30.3 Å². The van der Waals surface area contributed by atoms with Crippen LogP contribution in [0.5, 0.6) is 0 Å². The maximum Gasteiger partial charge on any atom is 0.251 e. The smallest absolute Gasteiger partial charge is 0.251 e. The van der Waals surface area contributed by atoms with Gasteiger partial charge in [0.15, 0.2) is 18.7 Å². The second-order valence-corrected chi connectivity index (χ2v) is 11.6. The molecule has 2 saturated heterocycles. The summed E-state index contributed by atoms with van der Waals surface area (Å²) in [5, 5.41) is 61.7. The Morgan fingerprint density at radius 2 is 1.76 bits per heavy atom. The van der Waals surface area contributed by atoms with E-state index in [1.54, 1.807) is 7.05 Å². The number of aliphatic hydroxyl groups is 5. The topological polar surface area (TPSA) is 295 Å². The van der Waals surface area contributed by atoms with Crippen molar-refractivity contribution in [2.24, 2.45) is 22.9 Å². The van der Waals surface area contributed by atoms with Crippen molar-refractivity contribution in [3.05, 3.63) is 0 Å². The van der Waals surface area contributed by atoms with Crippen LogP contribution in [-0.4, -0.2) is 156 Å². The summed E-state index contributed by atoms with van der Waals surface area (Å²) in [6, 6.07) is -3.21. The molecule has 14 atom stereocenters. The highest BCUT2D eigenvalue weighted by molar-refractivity contribution is 5.81. The normalized spacial score (nSPS) is 42.6. The van der Waals surface area contributed by atoms with Crippen LogP contribution in [0.1, 0.15) is 26.2 Å². The molecule has 0 unspecified atom stereocenters. The third-order valence-electron chi connectivity index (χ3n) is 8.14. The number of carbonyl (C=O) groups excluding carboxylic acids is 1. The number of hydrogen-bond acceptors (Lipinski definition) is 16. The van der Waals surface area contributed by atoms with Gasteiger partial charge >= 0.3 is 0 Å². The van der Waals surface area contributed by atoms with Gasteiger partial charge in [-0.2, -0.15) is 0 Å². The van der Waals surface area contributed by atoms with Crippen LogP contribution in [0.4, 0.5) is 0 Å². The predicted molar refractivity (Wildman–Crippen MR) is 148 cm³/mol. The second-order valence-electron chi connectivity index (χ2n) is 11.6. The molecule has 0 bridgehead atoms. The summed E-state index contributed by atoms with van der Waals surface area (Å²) in [6.45, 7) is 2.55. The molecule has 42 heavy (non-hydrogen) atoms. The Morgan fingerprint density at radius 3 is 2.40 bits per heavy atom. The molecule has 0 radical (unpaired) electrons. The minimum atomic E-state index is -1.85. The summed E-state index contributed by atoms with van der Waals surface area (Å²) in [5.41, 5.74) is 22.2. The lowest BCUT2D eigenvalue weighted by Crippen LogP contribution is -2.69. The number of aliphatic hydroxyl groups excluding tert-OH is 4. The Labute approximate surface area is 245 Å². The fourth-order valence-corrected chi connectivity index (χ4v) is 5.71. The van der Waals surface area contributed by atoms with E-state index in [-0.39, 0.29) is 25.7 Å². The van der Waals surface area contributed by atoms with E-state index in [0.717, 1.165) is 0 Å². The Balaban J connectivity index is 1.80. The number of nitrogens with two attached hydrogens (primary N) is 4. The van der Waals surface area contributed by atoms with Gasteiger partial charge in [-0.25, -0.2) is 0 Å². The fraction of sp³-hybridized carbons (Fsp3) is 0.960. The van der Waals surface area contributed by atoms with E-state index in [2.05, 4.69) is 16.0 Å². The lowest BCUT2D eigenvalue weighted by Gasteiger charge is -2.49. The molecule has 1 aliphatic carbocycles. The molecule has 0 aromatic heterocycles. The lowest BCUT2D eigenvalue weighted by atomic mass is 9.83. The van der Waals surface area contributed by atoms with E-state index in [1.165, 1.54) is 6.92 Å². The molecule has 2 aliphatic heterocycles. The van der Waals surface area contributed by atoms with Crippen molar-refractivity contribution in [1.82, 2.24) is 16.0 Å². The molecule has 246 valence electrons. The Morgan fingerprint density at radius 1 is 1.07 bits per heavy atom. The standard InChI is InChI=1S/C25H51N7O10/c1-25(38)10-39-24(18(36)21(25)30-2)42-20-14(32-22(37)16(34)15(33)8-27)7-13(29)19(17(20)35)41-23-12(28)4-3-11(40-23)9-31-6-5-26/h11-21,23-24,30-31,33-36,38H,3-10,26-29H2,1-2H3,(H,32,37)/t11-,12+,13-,14+,15-,16-,17-,18+,19+,20-,21+,23+,24+,25-/m0/s1. The van der Waals surface area contributed by atoms with E-state index >= 15 is 0 Å². The van der Waals surface area contributed by atoms with E-state index in [1.807, 2.05) is 0 Å². The van der Waals surface area contributed by atoms with Gasteiger partial charge in [0.1, 0.15) is 36.1 Å². The molecule has 3 rings (SSSR count). The van der Waals surface area contributed by atoms with Crippen molar-refractivity contribution < 1.29 is 49.3 Å². The fourth-order valence-electron chi connectivity index (χ4n) is 5.71. The van der Waals surface area contributed by atoms with Gasteiger partial charge < -0.3 is 83.4 Å². The molecule has 16 N–H and O–H groups in total. The number of ether oxygens (including phenoxy) is 4. The van der Waals surface area contributed by atoms with Crippen molar-refractivity contribution in [1.29, 1.82) is 0 Å². The molecule has 17 heteroatoms. The van der Waals surface area contributed by atoms with Gasteiger partial charge in [0.25, 0.3) is 5.91 Å². The van der Waals surface area contributed by atoms with Crippen LogP contribution in [0.25, 0.3) is 0 Å². The van der Waals surface area contributed by atoms with Crippen LogP contribution in [0.2, 0.25) is 0 Å². The van der Waals surface area contributed by atoms with Gasteiger partial charge in [-0.05, 0) is 33.2 Å². The Hall–Kier alpha value is -1.13. The van der Waals surface area contributed by atoms with Crippen molar-refractivity contribution in [3.8, 4) is 0 Å². The van der Waals surface area contributed by atoms with Crippen LogP contribution in [0, 0.1) is 0 Å². The van der Waals surface area contributed by atoms with E-state index in [0.29, 0.717) is 32.5 Å². The van der Waals surface area contributed by atoms with Crippen molar-refractivity contribution in [2.45, 2.75) is 111 Å². The Kier molecular flexibility index (Phi) is 13.2. The van der Waals surface area contributed by atoms with Gasteiger partial charge in [-0.3, -0.25) is 4.79 Å². The maximum atomic E-state index is 12.7. The van der Waals surface area contributed by atoms with Crippen molar-refractivity contribution in [2.75, 3.05) is 39.8 Å². The second kappa shape index (κ2) is 15.7. The van der Waals surface area contributed by atoms with E-state index < -0.39 is 84.9 Å². The van der Waals surface area contributed by atoms with Gasteiger partial charge in [0.05, 0.1) is 30.8 Å². The molecule has 1 saturated carbocycles. The molecule has 0 spiro atoms. The first kappa shape index (κ1) is 35.4. The summed E-state index contributed by atoms with van der Waals surface area (Å²) in [5.74, 6) is -0.961. The summed E-state index contributed by atoms with van der Waals surface area (Å²) in [4.78, 5) is 12.7. The maximum absolute atomic E-state index is 12.7. The summed E-state index contributed by atoms with van der Waals surface area (Å²) >= 11 is 0. The van der Waals surface area contributed by atoms with Crippen molar-refractivity contribution in [3.63, 3.8) is 0 Å². The molecule has 2 heterocycles. The average molecular weight is 610 g/mol. The van der Waals surface area contributed by atoms with E-state index in [4.69, 9.17) is 41.9 Å². The van der Waals surface area contributed by atoms with Crippen LogP contribution < -0.4 is 38.9 Å². The molecule has 3 aliphatic rings. The average Bonchev–Trinajstić information content (AvgIpc) is 2.94. The minimum absolute atomic E-state index is 0.00298. The largest absolute Gasteiger partial charge is 0.389 e. The summed E-state index contributed by atoms with van der Waals surface area (Å²) in [7, 11) is 1.56.